The number of aromatic nitrogens is 1. The first-order valence-electron chi connectivity index (χ1n) is 6.19. The largest absolute Gasteiger partial charge is 0.546 e. The summed E-state index contributed by atoms with van der Waals surface area (Å²) in [4.78, 5) is 14.2. The highest BCUT2D eigenvalue weighted by Crippen LogP contribution is 2.28. The fourth-order valence-corrected chi connectivity index (χ4v) is 2.02. The van der Waals surface area contributed by atoms with Gasteiger partial charge in [0.15, 0.2) is 5.82 Å². The smallest absolute Gasteiger partial charge is 0.166 e. The van der Waals surface area contributed by atoms with E-state index >= 15 is 0 Å². The second kappa shape index (κ2) is 8.01. The number of halogens is 3. The molecule has 0 bridgehead atoms. The molecule has 1 heterocycles. The maximum Gasteiger partial charge on any atom is 0.166 e. The minimum atomic E-state index is -1.29. The predicted octanol–water partition coefficient (Wildman–Crippen LogP) is 2.62. The molecule has 0 aliphatic carbocycles. The molecule has 2 aromatic rings. The van der Waals surface area contributed by atoms with Crippen molar-refractivity contribution in [1.29, 1.82) is 0 Å². The molecular weight excluding hydrogens is 365 g/mol. The lowest BCUT2D eigenvalue weighted by Crippen LogP contribution is -2.28. The number of anilines is 1. The molecule has 1 aromatic carbocycles. The van der Waals surface area contributed by atoms with E-state index in [1.165, 1.54) is 12.3 Å². The second-order valence-electron chi connectivity index (χ2n) is 4.19. The molecule has 1 aromatic heterocycles. The summed E-state index contributed by atoms with van der Waals surface area (Å²) in [6.07, 6.45) is 1.52. The number of aliphatic carboxylic acids is 1. The van der Waals surface area contributed by atoms with Crippen LogP contribution in [0.5, 0.6) is 5.75 Å². The highest BCUT2D eigenvalue weighted by atomic mass is 35.5. The molecule has 0 aliphatic rings. The lowest BCUT2D eigenvalue weighted by molar-refractivity contribution is -0.307. The Labute approximate surface area is 146 Å². The van der Waals surface area contributed by atoms with Gasteiger partial charge in [-0.05, 0) is 35.9 Å². The van der Waals surface area contributed by atoms with E-state index in [1.807, 2.05) is 0 Å². The summed E-state index contributed by atoms with van der Waals surface area (Å²) in [5, 5.41) is 14.9. The van der Waals surface area contributed by atoms with Gasteiger partial charge in [0, 0.05) is 0 Å². The number of ether oxygens (including phenoxy) is 1. The van der Waals surface area contributed by atoms with Gasteiger partial charge in [-0.15, -0.1) is 0 Å². The van der Waals surface area contributed by atoms with E-state index in [9.17, 15) is 9.90 Å². The molecule has 1 N–H and O–H groups in total. The molecule has 120 valence electrons. The molecule has 0 fully saturated rings. The van der Waals surface area contributed by atoms with Gasteiger partial charge in [-0.2, -0.15) is 5.10 Å². The number of rotatable bonds is 6. The maximum absolute atomic E-state index is 10.3. The molecule has 0 aliphatic heterocycles. The molecule has 0 unspecified atom stereocenters. The molecule has 0 radical (unpaired) electrons. The van der Waals surface area contributed by atoms with Gasteiger partial charge in [0.2, 0.25) is 0 Å². The Hall–Kier alpha value is -2.02. The molecule has 0 amide bonds. The molecular formula is C14H9Cl3N3O3-. The van der Waals surface area contributed by atoms with E-state index in [-0.39, 0.29) is 21.0 Å². The fourth-order valence-electron chi connectivity index (χ4n) is 1.48. The van der Waals surface area contributed by atoms with Crippen LogP contribution in [0.1, 0.15) is 5.56 Å². The summed E-state index contributed by atoms with van der Waals surface area (Å²) in [5.41, 5.74) is 3.40. The van der Waals surface area contributed by atoms with Gasteiger partial charge in [-0.25, -0.2) is 4.98 Å². The van der Waals surface area contributed by atoms with Crippen LogP contribution in [-0.4, -0.2) is 23.8 Å². The van der Waals surface area contributed by atoms with Gasteiger partial charge in [0.1, 0.15) is 17.5 Å². The number of pyridine rings is 1. The molecule has 0 spiro atoms. The topological polar surface area (TPSA) is 86.6 Å². The number of nitrogens with zero attached hydrogens (tertiary/aromatic N) is 2. The summed E-state index contributed by atoms with van der Waals surface area (Å²) in [6.45, 7) is -0.503. The third kappa shape index (κ3) is 5.28. The summed E-state index contributed by atoms with van der Waals surface area (Å²) in [6, 6.07) is 8.06. The van der Waals surface area contributed by atoms with E-state index in [0.717, 1.165) is 5.56 Å². The van der Waals surface area contributed by atoms with Gasteiger partial charge in [0.25, 0.3) is 0 Å². The van der Waals surface area contributed by atoms with E-state index in [1.54, 1.807) is 24.3 Å². The van der Waals surface area contributed by atoms with E-state index < -0.39 is 12.6 Å². The molecule has 0 saturated carbocycles. The molecule has 0 atom stereocenters. The lowest BCUT2D eigenvalue weighted by atomic mass is 10.2. The monoisotopic (exact) mass is 372 g/mol. The van der Waals surface area contributed by atoms with Crippen LogP contribution in [0.4, 0.5) is 5.82 Å². The minimum Gasteiger partial charge on any atom is -0.546 e. The van der Waals surface area contributed by atoms with Crippen molar-refractivity contribution < 1.29 is 14.6 Å². The number of carbonyl (C=O) groups excluding carboxylic acids is 1. The standard InChI is InChI=1S/C14H10Cl3N3O3/c15-10-5-11(16)14(19-13(10)17)20-18-6-8-1-3-9(4-2-8)23-7-12(21)22/h1-6H,7H2,(H,19,20)(H,21,22)/p-1/b18-6-. The Bertz CT molecular complexity index is 736. The zero-order valence-corrected chi connectivity index (χ0v) is 13.7. The summed E-state index contributed by atoms with van der Waals surface area (Å²) in [7, 11) is 0. The summed E-state index contributed by atoms with van der Waals surface area (Å²) in [5.74, 6) is -0.606. The first kappa shape index (κ1) is 17.3. The van der Waals surface area contributed by atoms with Crippen molar-refractivity contribution in [2.45, 2.75) is 0 Å². The Balaban J connectivity index is 1.98. The van der Waals surface area contributed by atoms with Crippen LogP contribution >= 0.6 is 34.8 Å². The molecule has 23 heavy (non-hydrogen) atoms. The van der Waals surface area contributed by atoms with Crippen LogP contribution in [0.2, 0.25) is 15.2 Å². The average Bonchev–Trinajstić information content (AvgIpc) is 2.51. The minimum absolute atomic E-state index is 0.114. The van der Waals surface area contributed by atoms with Crippen molar-refractivity contribution in [3.05, 3.63) is 51.1 Å². The average molecular weight is 374 g/mol. The van der Waals surface area contributed by atoms with Gasteiger partial charge in [0.05, 0.1) is 22.2 Å². The fraction of sp³-hybridized carbons (Fsp3) is 0.0714. The van der Waals surface area contributed by atoms with Gasteiger partial charge >= 0.3 is 0 Å². The number of hydrogen-bond donors (Lipinski definition) is 1. The first-order valence-corrected chi connectivity index (χ1v) is 7.32. The van der Waals surface area contributed by atoms with Crippen molar-refractivity contribution in [3.8, 4) is 5.75 Å². The third-order valence-corrected chi connectivity index (χ3v) is 3.47. The van der Waals surface area contributed by atoms with Gasteiger partial charge in [-0.3, -0.25) is 5.43 Å². The molecule has 2 rings (SSSR count). The number of carboxylic acids is 1. The number of benzene rings is 1. The van der Waals surface area contributed by atoms with Crippen LogP contribution in [-0.2, 0) is 4.79 Å². The Morgan fingerprint density at radius 1 is 1.26 bits per heavy atom. The Morgan fingerprint density at radius 3 is 2.61 bits per heavy atom. The lowest BCUT2D eigenvalue weighted by Gasteiger charge is -2.06. The number of hydrogen-bond acceptors (Lipinski definition) is 6. The van der Waals surface area contributed by atoms with Crippen LogP contribution in [0.25, 0.3) is 0 Å². The molecule has 6 nitrogen and oxygen atoms in total. The highest BCUT2D eigenvalue weighted by Gasteiger charge is 2.06. The number of hydrazone groups is 1. The van der Waals surface area contributed by atoms with Crippen molar-refractivity contribution in [2.75, 3.05) is 12.0 Å². The van der Waals surface area contributed by atoms with Crippen molar-refractivity contribution >= 4 is 52.8 Å². The summed E-state index contributed by atoms with van der Waals surface area (Å²) < 4.78 is 4.96. The zero-order chi connectivity index (χ0) is 16.8. The Morgan fingerprint density at radius 2 is 1.96 bits per heavy atom. The van der Waals surface area contributed by atoms with E-state index in [0.29, 0.717) is 5.75 Å². The van der Waals surface area contributed by atoms with E-state index in [2.05, 4.69) is 15.5 Å². The van der Waals surface area contributed by atoms with Crippen LogP contribution in [0, 0.1) is 0 Å². The van der Waals surface area contributed by atoms with Gasteiger partial charge < -0.3 is 14.6 Å². The van der Waals surface area contributed by atoms with E-state index in [4.69, 9.17) is 39.5 Å². The van der Waals surface area contributed by atoms with Crippen LogP contribution in [0.3, 0.4) is 0 Å². The van der Waals surface area contributed by atoms with Gasteiger partial charge in [-0.1, -0.05) is 34.8 Å². The maximum atomic E-state index is 10.3. The number of nitrogens with one attached hydrogen (secondary N) is 1. The normalized spacial score (nSPS) is 10.7. The molecule has 0 saturated heterocycles. The molecule has 9 heteroatoms. The van der Waals surface area contributed by atoms with Crippen molar-refractivity contribution in [2.24, 2.45) is 5.10 Å². The number of carbonyl (C=O) groups is 1. The van der Waals surface area contributed by atoms with Crippen LogP contribution in [0.15, 0.2) is 35.4 Å². The van der Waals surface area contributed by atoms with Crippen molar-refractivity contribution in [1.82, 2.24) is 4.98 Å². The third-order valence-electron chi connectivity index (χ3n) is 2.51. The Kier molecular flexibility index (Phi) is 6.04. The van der Waals surface area contributed by atoms with Crippen molar-refractivity contribution in [3.63, 3.8) is 0 Å². The summed E-state index contributed by atoms with van der Waals surface area (Å²) >= 11 is 17.5. The first-order chi connectivity index (χ1) is 11.0. The van der Waals surface area contributed by atoms with Crippen LogP contribution < -0.4 is 15.3 Å². The number of carboxylic acid groups (broad SMARTS) is 1. The predicted molar refractivity (Wildman–Crippen MR) is 87.4 cm³/mol. The zero-order valence-electron chi connectivity index (χ0n) is 11.4. The second-order valence-corrected chi connectivity index (χ2v) is 5.36. The quantitative estimate of drug-likeness (QED) is 0.478. The highest BCUT2D eigenvalue weighted by molar-refractivity contribution is 6.42. The SMILES string of the molecule is O=C([O-])COc1ccc(/C=N\Nc2nc(Cl)c(Cl)cc2Cl)cc1.